The van der Waals surface area contributed by atoms with Crippen LogP contribution in [0.4, 0.5) is 0 Å². The number of hydrogen-bond acceptors (Lipinski definition) is 4. The van der Waals surface area contributed by atoms with Gasteiger partial charge in [0.1, 0.15) is 5.65 Å². The average Bonchev–Trinajstić information content (AvgIpc) is 3.86. The molecule has 0 bridgehead atoms. The first kappa shape index (κ1) is 32.3. The monoisotopic (exact) mass is 740 g/mol. The van der Waals surface area contributed by atoms with E-state index in [2.05, 4.69) is 142 Å². The summed E-state index contributed by atoms with van der Waals surface area (Å²) in [5, 5.41) is 5.90. The third kappa shape index (κ3) is 4.98. The van der Waals surface area contributed by atoms with Gasteiger partial charge in [0.25, 0.3) is 0 Å². The maximum absolute atomic E-state index is 5.34. The predicted octanol–water partition coefficient (Wildman–Crippen LogP) is 12.7. The second-order valence-corrected chi connectivity index (χ2v) is 14.7. The van der Waals surface area contributed by atoms with E-state index >= 15 is 0 Å². The molecule has 58 heavy (non-hydrogen) atoms. The molecule has 270 valence electrons. The number of aromatic nitrogens is 6. The minimum Gasteiger partial charge on any atom is -0.308 e. The second kappa shape index (κ2) is 12.8. The molecule has 12 rings (SSSR count). The maximum Gasteiger partial charge on any atom is 0.164 e. The van der Waals surface area contributed by atoms with E-state index in [9.17, 15) is 0 Å². The number of nitrogens with zero attached hydrogens (tertiary/aromatic N) is 6. The van der Waals surface area contributed by atoms with Crippen molar-refractivity contribution in [1.29, 1.82) is 0 Å². The molecule has 12 aromatic rings. The number of benzene rings is 8. The van der Waals surface area contributed by atoms with Crippen LogP contribution in [-0.2, 0) is 0 Å². The van der Waals surface area contributed by atoms with Crippen molar-refractivity contribution in [2.75, 3.05) is 0 Å². The van der Waals surface area contributed by atoms with E-state index in [4.69, 9.17) is 19.9 Å². The molecule has 0 aliphatic rings. The van der Waals surface area contributed by atoms with E-state index in [1.54, 1.807) is 0 Å². The van der Waals surface area contributed by atoms with Crippen LogP contribution in [0.25, 0.3) is 111 Å². The van der Waals surface area contributed by atoms with Gasteiger partial charge in [0, 0.05) is 38.5 Å². The Labute approximate surface area is 333 Å². The van der Waals surface area contributed by atoms with Crippen LogP contribution in [-0.4, -0.2) is 28.9 Å². The van der Waals surface area contributed by atoms with E-state index < -0.39 is 0 Å². The zero-order valence-electron chi connectivity index (χ0n) is 31.2. The normalized spacial score (nSPS) is 11.8. The number of fused-ring (bicyclic) bond motifs is 12. The van der Waals surface area contributed by atoms with Crippen LogP contribution in [0.15, 0.2) is 194 Å². The van der Waals surface area contributed by atoms with Gasteiger partial charge in [-0.1, -0.05) is 152 Å². The average molecular weight is 741 g/mol. The standard InChI is InChI=1S/C52H32N6/c1-3-15-33(16-4-1)49-54-50(34-17-5-2-6-18-34)56-51(55-49)37-21-13-19-35(31-37)36-20-14-22-38(32-36)57-44-26-10-8-24-40(44)42-30-29-41-39-23-7-11-27-45(39)58-46-28-12-9-25-43(46)53-52(58)47(41)48(42)57/h1-32H. The summed E-state index contributed by atoms with van der Waals surface area (Å²) in [5.41, 5.74) is 12.5. The minimum absolute atomic E-state index is 0.628. The van der Waals surface area contributed by atoms with Gasteiger partial charge in [-0.2, -0.15) is 0 Å². The highest BCUT2D eigenvalue weighted by Crippen LogP contribution is 2.42. The lowest BCUT2D eigenvalue weighted by Gasteiger charge is -2.14. The van der Waals surface area contributed by atoms with Crippen molar-refractivity contribution >= 4 is 60.2 Å². The van der Waals surface area contributed by atoms with Crippen molar-refractivity contribution in [2.45, 2.75) is 0 Å². The van der Waals surface area contributed by atoms with Crippen LogP contribution in [0.5, 0.6) is 0 Å². The Morgan fingerprint density at radius 3 is 1.57 bits per heavy atom. The summed E-state index contributed by atoms with van der Waals surface area (Å²) in [7, 11) is 0. The lowest BCUT2D eigenvalue weighted by molar-refractivity contribution is 1.07. The highest BCUT2D eigenvalue weighted by atomic mass is 15.0. The molecular formula is C52H32N6. The van der Waals surface area contributed by atoms with Crippen molar-refractivity contribution < 1.29 is 0 Å². The Kier molecular flexibility index (Phi) is 7.13. The summed E-state index contributed by atoms with van der Waals surface area (Å²) in [5.74, 6) is 1.91. The molecule has 0 radical (unpaired) electrons. The Balaban J connectivity index is 1.08. The van der Waals surface area contributed by atoms with Gasteiger partial charge in [-0.15, -0.1) is 0 Å². The minimum atomic E-state index is 0.628. The van der Waals surface area contributed by atoms with Crippen LogP contribution in [0, 0.1) is 0 Å². The molecular weight excluding hydrogens is 709 g/mol. The molecule has 0 fully saturated rings. The molecule has 4 heterocycles. The largest absolute Gasteiger partial charge is 0.308 e. The summed E-state index contributed by atoms with van der Waals surface area (Å²) in [4.78, 5) is 20.3. The van der Waals surface area contributed by atoms with Gasteiger partial charge in [0.05, 0.1) is 33.0 Å². The predicted molar refractivity (Wildman–Crippen MR) is 237 cm³/mol. The van der Waals surface area contributed by atoms with Crippen LogP contribution in [0.3, 0.4) is 0 Å². The summed E-state index contributed by atoms with van der Waals surface area (Å²) in [6.45, 7) is 0. The maximum atomic E-state index is 5.34. The van der Waals surface area contributed by atoms with Gasteiger partial charge in [0.2, 0.25) is 0 Å². The molecule has 0 saturated carbocycles. The quantitative estimate of drug-likeness (QED) is 0.165. The fourth-order valence-corrected chi connectivity index (χ4v) is 8.71. The van der Waals surface area contributed by atoms with E-state index in [1.807, 2.05) is 60.7 Å². The van der Waals surface area contributed by atoms with Gasteiger partial charge >= 0.3 is 0 Å². The number of hydrogen-bond donors (Lipinski definition) is 0. The van der Waals surface area contributed by atoms with Crippen LogP contribution in [0.2, 0.25) is 0 Å². The third-order valence-electron chi connectivity index (χ3n) is 11.3. The summed E-state index contributed by atoms with van der Waals surface area (Å²) < 4.78 is 4.77. The number of para-hydroxylation sites is 4. The zero-order chi connectivity index (χ0) is 38.2. The van der Waals surface area contributed by atoms with Gasteiger partial charge in [-0.05, 0) is 59.0 Å². The fourth-order valence-electron chi connectivity index (χ4n) is 8.71. The van der Waals surface area contributed by atoms with E-state index in [1.165, 1.54) is 21.5 Å². The van der Waals surface area contributed by atoms with Gasteiger partial charge in [0.15, 0.2) is 17.5 Å². The molecule has 8 aromatic carbocycles. The van der Waals surface area contributed by atoms with Crippen molar-refractivity contribution in [1.82, 2.24) is 28.9 Å². The Hall–Kier alpha value is -7.96. The molecule has 6 nitrogen and oxygen atoms in total. The number of imidazole rings is 1. The summed E-state index contributed by atoms with van der Waals surface area (Å²) >= 11 is 0. The van der Waals surface area contributed by atoms with Crippen molar-refractivity contribution in [3.8, 4) is 51.0 Å². The van der Waals surface area contributed by atoms with Gasteiger partial charge < -0.3 is 4.57 Å². The highest BCUT2D eigenvalue weighted by molar-refractivity contribution is 6.27. The Bertz CT molecular complexity index is 3510. The summed E-state index contributed by atoms with van der Waals surface area (Å²) in [6, 6.07) is 68.0. The number of pyridine rings is 1. The van der Waals surface area contributed by atoms with Crippen LogP contribution < -0.4 is 0 Å². The SMILES string of the molecule is c1ccc(-c2nc(-c3ccccc3)nc(-c3cccc(-c4cccc(-n5c6ccccc6c6ccc7c8ccccc8n8c9ccccc9nc8c7c65)c4)c3)n2)cc1. The third-order valence-corrected chi connectivity index (χ3v) is 11.3. The van der Waals surface area contributed by atoms with Gasteiger partial charge in [-0.3, -0.25) is 4.40 Å². The first-order chi connectivity index (χ1) is 28.8. The molecule has 0 aliphatic carbocycles. The lowest BCUT2D eigenvalue weighted by Crippen LogP contribution is -2.00. The first-order valence-electron chi connectivity index (χ1n) is 19.5. The van der Waals surface area contributed by atoms with Crippen molar-refractivity contribution in [3.63, 3.8) is 0 Å². The molecule has 4 aromatic heterocycles. The van der Waals surface area contributed by atoms with Gasteiger partial charge in [-0.25, -0.2) is 19.9 Å². The van der Waals surface area contributed by atoms with E-state index in [-0.39, 0.29) is 0 Å². The molecule has 6 heteroatoms. The second-order valence-electron chi connectivity index (χ2n) is 14.7. The molecule has 0 unspecified atom stereocenters. The Morgan fingerprint density at radius 2 is 0.845 bits per heavy atom. The molecule has 0 atom stereocenters. The molecule has 0 spiro atoms. The summed E-state index contributed by atoms with van der Waals surface area (Å²) in [6.07, 6.45) is 0. The van der Waals surface area contributed by atoms with Crippen molar-refractivity contribution in [2.24, 2.45) is 0 Å². The molecule has 0 amide bonds. The van der Waals surface area contributed by atoms with Crippen LogP contribution >= 0.6 is 0 Å². The molecule has 0 saturated heterocycles. The zero-order valence-corrected chi connectivity index (χ0v) is 31.2. The smallest absolute Gasteiger partial charge is 0.164 e. The Morgan fingerprint density at radius 1 is 0.328 bits per heavy atom. The molecule has 0 aliphatic heterocycles. The lowest BCUT2D eigenvalue weighted by atomic mass is 10.0. The number of rotatable bonds is 5. The topological polar surface area (TPSA) is 60.9 Å². The van der Waals surface area contributed by atoms with E-state index in [0.717, 1.165) is 72.1 Å². The van der Waals surface area contributed by atoms with E-state index in [0.29, 0.717) is 17.5 Å². The van der Waals surface area contributed by atoms with Crippen LogP contribution in [0.1, 0.15) is 0 Å². The highest BCUT2D eigenvalue weighted by Gasteiger charge is 2.21. The molecule has 0 N–H and O–H groups in total. The fraction of sp³-hybridized carbons (Fsp3) is 0. The first-order valence-corrected chi connectivity index (χ1v) is 19.5. The van der Waals surface area contributed by atoms with Crippen molar-refractivity contribution in [3.05, 3.63) is 194 Å².